The first kappa shape index (κ1) is 12.8. The third-order valence-electron chi connectivity index (χ3n) is 2.32. The van der Waals surface area contributed by atoms with Crippen LogP contribution in [0.5, 0.6) is 0 Å². The molecule has 0 saturated carbocycles. The van der Waals surface area contributed by atoms with E-state index >= 15 is 0 Å². The summed E-state index contributed by atoms with van der Waals surface area (Å²) in [6.07, 6.45) is 1.54. The second-order valence-corrected chi connectivity index (χ2v) is 3.52. The predicted octanol–water partition coefficient (Wildman–Crippen LogP) is 1.55. The van der Waals surface area contributed by atoms with Gasteiger partial charge in [-0.05, 0) is 23.8 Å². The molecular formula is C13H13N3O. The van der Waals surface area contributed by atoms with Crippen molar-refractivity contribution in [3.8, 4) is 12.1 Å². The largest absolute Gasteiger partial charge is 0.395 e. The standard InChI is InChI=1S/C13H13N3O/c1-16(6-7-17)13-4-2-11(3-5-13)8-12(9-14)10-15/h2-5,8,17H,6-7H2,1H3. The highest BCUT2D eigenvalue weighted by molar-refractivity contribution is 5.63. The van der Waals surface area contributed by atoms with Gasteiger partial charge in [-0.25, -0.2) is 0 Å². The molecule has 17 heavy (non-hydrogen) atoms. The Morgan fingerprint density at radius 1 is 1.29 bits per heavy atom. The number of allylic oxidation sites excluding steroid dienone is 1. The Balaban J connectivity index is 2.86. The smallest absolute Gasteiger partial charge is 0.130 e. The minimum atomic E-state index is 0.0847. The van der Waals surface area contributed by atoms with Gasteiger partial charge >= 0.3 is 0 Å². The molecular weight excluding hydrogens is 214 g/mol. The summed E-state index contributed by atoms with van der Waals surface area (Å²) in [5.41, 5.74) is 1.87. The van der Waals surface area contributed by atoms with Gasteiger partial charge in [-0.3, -0.25) is 0 Å². The predicted molar refractivity (Wildman–Crippen MR) is 66.0 cm³/mol. The molecule has 0 heterocycles. The minimum Gasteiger partial charge on any atom is -0.395 e. The van der Waals surface area contributed by atoms with Gasteiger partial charge in [0, 0.05) is 19.3 Å². The third-order valence-corrected chi connectivity index (χ3v) is 2.32. The number of nitriles is 2. The van der Waals surface area contributed by atoms with Gasteiger partial charge in [0.25, 0.3) is 0 Å². The lowest BCUT2D eigenvalue weighted by molar-refractivity contribution is 0.304. The summed E-state index contributed by atoms with van der Waals surface area (Å²) in [7, 11) is 1.89. The van der Waals surface area contributed by atoms with Crippen molar-refractivity contribution in [2.75, 3.05) is 25.1 Å². The zero-order chi connectivity index (χ0) is 12.7. The van der Waals surface area contributed by atoms with Gasteiger partial charge in [-0.1, -0.05) is 12.1 Å². The number of aliphatic hydroxyl groups excluding tert-OH is 1. The van der Waals surface area contributed by atoms with Crippen LogP contribution >= 0.6 is 0 Å². The number of aliphatic hydroxyl groups is 1. The Bertz CT molecular complexity index is 461. The van der Waals surface area contributed by atoms with Crippen molar-refractivity contribution in [1.82, 2.24) is 0 Å². The maximum atomic E-state index is 8.81. The molecule has 0 fully saturated rings. The lowest BCUT2D eigenvalue weighted by atomic mass is 10.1. The van der Waals surface area contributed by atoms with Crippen LogP contribution in [0.15, 0.2) is 29.8 Å². The fourth-order valence-electron chi connectivity index (χ4n) is 1.36. The number of rotatable bonds is 4. The SMILES string of the molecule is CN(CCO)c1ccc(C=C(C#N)C#N)cc1. The molecule has 0 bridgehead atoms. The van der Waals surface area contributed by atoms with Gasteiger partial charge in [-0.15, -0.1) is 0 Å². The van der Waals surface area contributed by atoms with Gasteiger partial charge in [0.1, 0.15) is 17.7 Å². The van der Waals surface area contributed by atoms with Crippen molar-refractivity contribution < 1.29 is 5.11 Å². The molecule has 0 aliphatic rings. The Labute approximate surface area is 101 Å². The molecule has 0 spiro atoms. The van der Waals surface area contributed by atoms with E-state index in [2.05, 4.69) is 0 Å². The van der Waals surface area contributed by atoms with Crippen LogP contribution in [0.25, 0.3) is 6.08 Å². The monoisotopic (exact) mass is 227 g/mol. The quantitative estimate of drug-likeness (QED) is 0.792. The average molecular weight is 227 g/mol. The van der Waals surface area contributed by atoms with Gasteiger partial charge in [0.15, 0.2) is 0 Å². The molecule has 1 aromatic carbocycles. The van der Waals surface area contributed by atoms with Crippen molar-refractivity contribution in [2.24, 2.45) is 0 Å². The van der Waals surface area contributed by atoms with E-state index in [0.717, 1.165) is 11.3 Å². The van der Waals surface area contributed by atoms with Crippen LogP contribution in [0, 0.1) is 22.7 Å². The Morgan fingerprint density at radius 2 is 1.88 bits per heavy atom. The summed E-state index contributed by atoms with van der Waals surface area (Å²) in [6, 6.07) is 11.1. The molecule has 1 rings (SSSR count). The van der Waals surface area contributed by atoms with Crippen molar-refractivity contribution >= 4 is 11.8 Å². The molecule has 1 N–H and O–H groups in total. The fourth-order valence-corrected chi connectivity index (χ4v) is 1.36. The molecule has 0 aromatic heterocycles. The fraction of sp³-hybridized carbons (Fsp3) is 0.231. The van der Waals surface area contributed by atoms with E-state index in [1.54, 1.807) is 0 Å². The van der Waals surface area contributed by atoms with Crippen LogP contribution in [0.1, 0.15) is 5.56 Å². The maximum Gasteiger partial charge on any atom is 0.130 e. The van der Waals surface area contributed by atoms with Crippen molar-refractivity contribution in [2.45, 2.75) is 0 Å². The van der Waals surface area contributed by atoms with E-state index in [1.165, 1.54) is 6.08 Å². The Morgan fingerprint density at radius 3 is 2.35 bits per heavy atom. The van der Waals surface area contributed by atoms with Gasteiger partial charge < -0.3 is 10.0 Å². The second-order valence-electron chi connectivity index (χ2n) is 3.52. The molecule has 0 saturated heterocycles. The lowest BCUT2D eigenvalue weighted by Gasteiger charge is -2.17. The first-order chi connectivity index (χ1) is 8.21. The summed E-state index contributed by atoms with van der Waals surface area (Å²) in [5, 5.41) is 26.1. The third kappa shape index (κ3) is 3.64. The summed E-state index contributed by atoms with van der Waals surface area (Å²) < 4.78 is 0. The van der Waals surface area contributed by atoms with Crippen LogP contribution in [0.2, 0.25) is 0 Å². The molecule has 0 aliphatic heterocycles. The van der Waals surface area contributed by atoms with Crippen LogP contribution in [0.4, 0.5) is 5.69 Å². The van der Waals surface area contributed by atoms with Crippen molar-refractivity contribution in [3.63, 3.8) is 0 Å². The van der Waals surface area contributed by atoms with E-state index < -0.39 is 0 Å². The lowest BCUT2D eigenvalue weighted by Crippen LogP contribution is -2.20. The van der Waals surface area contributed by atoms with Crippen LogP contribution < -0.4 is 4.90 Å². The zero-order valence-electron chi connectivity index (χ0n) is 9.59. The van der Waals surface area contributed by atoms with Gasteiger partial charge in [0.2, 0.25) is 0 Å². The number of hydrogen-bond acceptors (Lipinski definition) is 4. The number of benzene rings is 1. The summed E-state index contributed by atoms with van der Waals surface area (Å²) in [6.45, 7) is 0.669. The van der Waals surface area contributed by atoms with E-state index in [-0.39, 0.29) is 12.2 Å². The highest BCUT2D eigenvalue weighted by Crippen LogP contribution is 2.15. The number of likely N-dealkylation sites (N-methyl/N-ethyl adjacent to an activating group) is 1. The average Bonchev–Trinajstić information content (AvgIpc) is 2.37. The number of nitrogens with zero attached hydrogens (tertiary/aromatic N) is 3. The first-order valence-electron chi connectivity index (χ1n) is 5.15. The zero-order valence-corrected chi connectivity index (χ0v) is 9.59. The van der Waals surface area contributed by atoms with Crippen LogP contribution in [0.3, 0.4) is 0 Å². The molecule has 0 unspecified atom stereocenters. The van der Waals surface area contributed by atoms with Crippen molar-refractivity contribution in [3.05, 3.63) is 35.4 Å². The van der Waals surface area contributed by atoms with Gasteiger partial charge in [0.05, 0.1) is 6.61 Å². The molecule has 4 nitrogen and oxygen atoms in total. The molecule has 0 amide bonds. The van der Waals surface area contributed by atoms with E-state index in [9.17, 15) is 0 Å². The molecule has 1 aromatic rings. The highest BCUT2D eigenvalue weighted by Gasteiger charge is 1.99. The molecule has 0 radical (unpaired) electrons. The Kier molecular flexibility index (Phi) is 4.75. The second kappa shape index (κ2) is 6.32. The van der Waals surface area contributed by atoms with Crippen LogP contribution in [-0.4, -0.2) is 25.3 Å². The Hall–Kier alpha value is -2.30. The molecule has 4 heteroatoms. The minimum absolute atomic E-state index is 0.0847. The van der Waals surface area contributed by atoms with E-state index in [4.69, 9.17) is 15.6 Å². The van der Waals surface area contributed by atoms with E-state index in [1.807, 2.05) is 48.4 Å². The van der Waals surface area contributed by atoms with Gasteiger partial charge in [-0.2, -0.15) is 10.5 Å². The van der Waals surface area contributed by atoms with E-state index in [0.29, 0.717) is 6.54 Å². The van der Waals surface area contributed by atoms with Crippen LogP contribution in [-0.2, 0) is 0 Å². The molecule has 86 valence electrons. The highest BCUT2D eigenvalue weighted by atomic mass is 16.3. The number of hydrogen-bond donors (Lipinski definition) is 1. The summed E-state index contributed by atoms with van der Waals surface area (Å²) >= 11 is 0. The summed E-state index contributed by atoms with van der Waals surface area (Å²) in [5.74, 6) is 0. The number of anilines is 1. The topological polar surface area (TPSA) is 71.0 Å². The van der Waals surface area contributed by atoms with Crippen molar-refractivity contribution in [1.29, 1.82) is 10.5 Å². The maximum absolute atomic E-state index is 8.81. The first-order valence-corrected chi connectivity index (χ1v) is 5.15. The molecule has 0 aliphatic carbocycles. The normalized spacial score (nSPS) is 8.94. The summed E-state index contributed by atoms with van der Waals surface area (Å²) in [4.78, 5) is 1.92. The molecule has 0 atom stereocenters.